The van der Waals surface area contributed by atoms with Crippen LogP contribution in [0, 0.1) is 11.2 Å². The first kappa shape index (κ1) is 13.8. The highest BCUT2D eigenvalue weighted by Crippen LogP contribution is 2.32. The van der Waals surface area contributed by atoms with Crippen LogP contribution in [0.1, 0.15) is 5.56 Å². The molecule has 0 heterocycles. The predicted molar refractivity (Wildman–Crippen MR) is 76.6 cm³/mol. The van der Waals surface area contributed by atoms with E-state index in [4.69, 9.17) is 27.5 Å². The lowest BCUT2D eigenvalue weighted by molar-refractivity contribution is 0.442. The van der Waals surface area contributed by atoms with E-state index < -0.39 is 5.82 Å². The van der Waals surface area contributed by atoms with E-state index in [0.29, 0.717) is 16.3 Å². The van der Waals surface area contributed by atoms with Gasteiger partial charge in [-0.1, -0.05) is 27.5 Å². The summed E-state index contributed by atoms with van der Waals surface area (Å²) in [5, 5.41) is 7.59. The topological polar surface area (TPSA) is 59.1 Å². The lowest BCUT2D eigenvalue weighted by atomic mass is 10.2. The van der Waals surface area contributed by atoms with Crippen LogP contribution >= 0.6 is 27.5 Å². The van der Waals surface area contributed by atoms with Gasteiger partial charge in [-0.15, -0.1) is 0 Å². The summed E-state index contributed by atoms with van der Waals surface area (Å²) in [6.45, 7) is 0. The molecular formula is C13H9BrClFN2O. The Morgan fingerprint density at radius 1 is 1.21 bits per heavy atom. The summed E-state index contributed by atoms with van der Waals surface area (Å²) in [6, 6.07) is 9.08. The summed E-state index contributed by atoms with van der Waals surface area (Å²) in [4.78, 5) is 0. The summed E-state index contributed by atoms with van der Waals surface area (Å²) >= 11 is 9.25. The average molecular weight is 344 g/mol. The first-order valence-corrected chi connectivity index (χ1v) is 6.41. The molecular weight excluding hydrogens is 335 g/mol. The van der Waals surface area contributed by atoms with Crippen LogP contribution in [-0.4, -0.2) is 5.84 Å². The fourth-order valence-corrected chi connectivity index (χ4v) is 2.14. The fourth-order valence-electron chi connectivity index (χ4n) is 1.43. The second-order valence-corrected chi connectivity index (χ2v) is 5.06. The van der Waals surface area contributed by atoms with Gasteiger partial charge < -0.3 is 10.5 Å². The molecule has 0 atom stereocenters. The molecule has 98 valence electrons. The van der Waals surface area contributed by atoms with Gasteiger partial charge in [0.05, 0.1) is 5.02 Å². The molecule has 0 saturated heterocycles. The number of nitrogens with one attached hydrogen (secondary N) is 1. The molecule has 0 aromatic heterocycles. The summed E-state index contributed by atoms with van der Waals surface area (Å²) in [5.41, 5.74) is 5.57. The van der Waals surface area contributed by atoms with Gasteiger partial charge in [-0.2, -0.15) is 0 Å². The number of ether oxygens (including phenoxy) is 1. The zero-order valence-corrected chi connectivity index (χ0v) is 11.9. The highest BCUT2D eigenvalue weighted by atomic mass is 79.9. The number of benzene rings is 2. The Balaban J connectivity index is 2.31. The lowest BCUT2D eigenvalue weighted by Crippen LogP contribution is -2.11. The molecule has 0 aliphatic heterocycles. The summed E-state index contributed by atoms with van der Waals surface area (Å²) in [7, 11) is 0. The van der Waals surface area contributed by atoms with E-state index in [1.807, 2.05) is 0 Å². The quantitative estimate of drug-likeness (QED) is 0.644. The van der Waals surface area contributed by atoms with Crippen LogP contribution in [-0.2, 0) is 0 Å². The van der Waals surface area contributed by atoms with E-state index in [-0.39, 0.29) is 11.6 Å². The minimum atomic E-state index is -0.605. The highest BCUT2D eigenvalue weighted by molar-refractivity contribution is 9.10. The van der Waals surface area contributed by atoms with Crippen molar-refractivity contribution in [3.63, 3.8) is 0 Å². The molecule has 0 aliphatic carbocycles. The zero-order valence-electron chi connectivity index (χ0n) is 9.58. The molecule has 0 saturated carbocycles. The van der Waals surface area contributed by atoms with Crippen molar-refractivity contribution in [1.82, 2.24) is 0 Å². The predicted octanol–water partition coefficient (Wildman–Crippen LogP) is 4.32. The molecule has 2 aromatic carbocycles. The van der Waals surface area contributed by atoms with Crippen LogP contribution in [0.25, 0.3) is 0 Å². The van der Waals surface area contributed by atoms with Gasteiger partial charge in [-0.3, -0.25) is 5.41 Å². The third-order valence-corrected chi connectivity index (χ3v) is 3.15. The monoisotopic (exact) mass is 342 g/mol. The van der Waals surface area contributed by atoms with Crippen molar-refractivity contribution in [3.05, 3.63) is 57.3 Å². The van der Waals surface area contributed by atoms with E-state index in [9.17, 15) is 4.39 Å². The van der Waals surface area contributed by atoms with Crippen LogP contribution in [0.3, 0.4) is 0 Å². The first-order chi connectivity index (χ1) is 8.97. The number of nitrogen functional groups attached to an aromatic ring is 1. The maximum absolute atomic E-state index is 13.8. The fraction of sp³-hybridized carbons (Fsp3) is 0. The van der Waals surface area contributed by atoms with Gasteiger partial charge in [-0.25, -0.2) is 4.39 Å². The Kier molecular flexibility index (Phi) is 4.07. The second-order valence-electron chi connectivity index (χ2n) is 3.74. The van der Waals surface area contributed by atoms with E-state index in [2.05, 4.69) is 15.9 Å². The van der Waals surface area contributed by atoms with Crippen LogP contribution in [0.5, 0.6) is 11.5 Å². The Labute approximate surface area is 122 Å². The highest BCUT2D eigenvalue weighted by Gasteiger charge is 2.09. The average Bonchev–Trinajstić information content (AvgIpc) is 2.34. The first-order valence-electron chi connectivity index (χ1n) is 5.24. The molecule has 0 aliphatic rings. The lowest BCUT2D eigenvalue weighted by Gasteiger charge is -2.09. The van der Waals surface area contributed by atoms with Crippen molar-refractivity contribution in [2.24, 2.45) is 5.73 Å². The standard InChI is InChI=1S/C13H9BrClFN2O/c14-8-2-4-11(9(15)6-8)19-12-3-1-7(13(17)18)5-10(12)16/h1-6H,(H3,17,18). The maximum atomic E-state index is 13.8. The van der Waals surface area contributed by atoms with E-state index >= 15 is 0 Å². The zero-order chi connectivity index (χ0) is 14.0. The number of nitrogens with two attached hydrogens (primary N) is 1. The van der Waals surface area contributed by atoms with Crippen LogP contribution in [0.15, 0.2) is 40.9 Å². The third kappa shape index (κ3) is 3.24. The van der Waals surface area contributed by atoms with Crippen molar-refractivity contribution in [3.8, 4) is 11.5 Å². The van der Waals surface area contributed by atoms with Crippen LogP contribution < -0.4 is 10.5 Å². The number of halogens is 3. The molecule has 0 fully saturated rings. The summed E-state index contributed by atoms with van der Waals surface area (Å²) in [5.74, 6) is -0.438. The number of amidine groups is 1. The van der Waals surface area contributed by atoms with Gasteiger partial charge in [0.25, 0.3) is 0 Å². The molecule has 3 N–H and O–H groups in total. The number of hydrogen-bond donors (Lipinski definition) is 2. The van der Waals surface area contributed by atoms with Gasteiger partial charge in [0.2, 0.25) is 0 Å². The molecule has 3 nitrogen and oxygen atoms in total. The largest absolute Gasteiger partial charge is 0.453 e. The Hall–Kier alpha value is -1.59. The Morgan fingerprint density at radius 2 is 1.89 bits per heavy atom. The summed E-state index contributed by atoms with van der Waals surface area (Å²) in [6.07, 6.45) is 0. The Morgan fingerprint density at radius 3 is 2.47 bits per heavy atom. The summed E-state index contributed by atoms with van der Waals surface area (Å²) < 4.78 is 20.0. The van der Waals surface area contributed by atoms with Gasteiger partial charge in [-0.05, 0) is 36.4 Å². The molecule has 2 aromatic rings. The Bertz CT molecular complexity index is 649. The van der Waals surface area contributed by atoms with Gasteiger partial charge >= 0.3 is 0 Å². The minimum absolute atomic E-state index is 0.0224. The molecule has 0 unspecified atom stereocenters. The minimum Gasteiger partial charge on any atom is -0.453 e. The van der Waals surface area contributed by atoms with Gasteiger partial charge in [0, 0.05) is 10.0 Å². The SMILES string of the molecule is N=C(N)c1ccc(Oc2ccc(Br)cc2Cl)c(F)c1. The van der Waals surface area contributed by atoms with E-state index in [1.165, 1.54) is 12.1 Å². The van der Waals surface area contributed by atoms with Crippen LogP contribution in [0.2, 0.25) is 5.02 Å². The number of rotatable bonds is 3. The second kappa shape index (κ2) is 5.59. The molecule has 19 heavy (non-hydrogen) atoms. The van der Waals surface area contributed by atoms with E-state index in [1.54, 1.807) is 18.2 Å². The molecule has 0 spiro atoms. The van der Waals surface area contributed by atoms with Crippen molar-refractivity contribution >= 4 is 33.4 Å². The molecule has 6 heteroatoms. The molecule has 2 rings (SSSR count). The van der Waals surface area contributed by atoms with Crippen LogP contribution in [0.4, 0.5) is 4.39 Å². The van der Waals surface area contributed by atoms with Gasteiger partial charge in [0.1, 0.15) is 11.6 Å². The van der Waals surface area contributed by atoms with Crippen molar-refractivity contribution in [2.45, 2.75) is 0 Å². The van der Waals surface area contributed by atoms with Crippen molar-refractivity contribution in [2.75, 3.05) is 0 Å². The van der Waals surface area contributed by atoms with Crippen molar-refractivity contribution in [1.29, 1.82) is 5.41 Å². The third-order valence-electron chi connectivity index (χ3n) is 2.36. The van der Waals surface area contributed by atoms with E-state index in [0.717, 1.165) is 10.5 Å². The maximum Gasteiger partial charge on any atom is 0.166 e. The number of hydrogen-bond acceptors (Lipinski definition) is 2. The smallest absolute Gasteiger partial charge is 0.166 e. The van der Waals surface area contributed by atoms with Gasteiger partial charge in [0.15, 0.2) is 11.6 Å². The molecule has 0 radical (unpaired) electrons. The molecule has 0 bridgehead atoms. The van der Waals surface area contributed by atoms with Crippen molar-refractivity contribution < 1.29 is 9.13 Å². The normalized spacial score (nSPS) is 10.3. The molecule has 0 amide bonds.